The highest BCUT2D eigenvalue weighted by atomic mass is 35.5. The predicted octanol–water partition coefficient (Wildman–Crippen LogP) is 4.13. The molecule has 1 aromatic carbocycles. The first-order valence-corrected chi connectivity index (χ1v) is 10.8. The number of carbonyl (C=O) groups is 1. The Kier molecular flexibility index (Phi) is 7.44. The van der Waals surface area contributed by atoms with E-state index in [1.54, 1.807) is 6.07 Å². The van der Waals surface area contributed by atoms with Crippen LogP contribution in [0.25, 0.3) is 11.1 Å². The van der Waals surface area contributed by atoms with Gasteiger partial charge in [0.15, 0.2) is 5.58 Å². The molecular weight excluding hydrogens is 447 g/mol. The van der Waals surface area contributed by atoms with Gasteiger partial charge in [0.1, 0.15) is 5.52 Å². The fourth-order valence-electron chi connectivity index (χ4n) is 5.27. The highest BCUT2D eigenvalue weighted by molar-refractivity contribution is 6.31. The van der Waals surface area contributed by atoms with Gasteiger partial charge in [-0.2, -0.15) is 4.98 Å². The third kappa shape index (κ3) is 4.52. The molecule has 6 nitrogen and oxygen atoms in total. The lowest BCUT2D eigenvalue weighted by Gasteiger charge is -2.38. The van der Waals surface area contributed by atoms with Gasteiger partial charge in [0.05, 0.1) is 0 Å². The lowest BCUT2D eigenvalue weighted by molar-refractivity contribution is -0.134. The van der Waals surface area contributed by atoms with Gasteiger partial charge in [-0.05, 0) is 55.6 Å². The van der Waals surface area contributed by atoms with Gasteiger partial charge in [-0.1, -0.05) is 11.6 Å². The summed E-state index contributed by atoms with van der Waals surface area (Å²) in [6.07, 6.45) is 5.09. The third-order valence-corrected chi connectivity index (χ3v) is 7.09. The molecule has 0 spiro atoms. The zero-order valence-electron chi connectivity index (χ0n) is 16.8. The molecule has 2 N–H and O–H groups in total. The Morgan fingerprint density at radius 1 is 1.17 bits per heavy atom. The van der Waals surface area contributed by atoms with Crippen LogP contribution >= 0.6 is 36.4 Å². The number of amides is 1. The minimum absolute atomic E-state index is 0. The Labute approximate surface area is 194 Å². The van der Waals surface area contributed by atoms with Crippen molar-refractivity contribution in [3.63, 3.8) is 0 Å². The molecule has 3 heterocycles. The van der Waals surface area contributed by atoms with Crippen LogP contribution in [0.1, 0.15) is 32.1 Å². The average Bonchev–Trinajstić information content (AvgIpc) is 3.17. The molecule has 2 unspecified atom stereocenters. The molecule has 0 radical (unpaired) electrons. The molecule has 3 aliphatic rings. The Bertz CT molecular complexity index is 878. The van der Waals surface area contributed by atoms with Crippen molar-refractivity contribution in [2.75, 3.05) is 31.1 Å². The second-order valence-electron chi connectivity index (χ2n) is 8.74. The van der Waals surface area contributed by atoms with E-state index in [2.05, 4.69) is 14.8 Å². The van der Waals surface area contributed by atoms with Crippen LogP contribution in [0.2, 0.25) is 5.02 Å². The quantitative estimate of drug-likeness (QED) is 0.722. The summed E-state index contributed by atoms with van der Waals surface area (Å²) in [6.45, 7) is 3.41. The smallest absolute Gasteiger partial charge is 0.298 e. The SMILES string of the molecule is Cl.Cl.NC1[C@@H]2CC[C@H]1CN(C(=O)CC1CCCN(c3nc4ccc(Cl)cc4o3)C1)C2. The predicted molar refractivity (Wildman–Crippen MR) is 124 cm³/mol. The number of rotatable bonds is 3. The number of anilines is 1. The van der Waals surface area contributed by atoms with Crippen molar-refractivity contribution in [2.45, 2.75) is 38.1 Å². The Balaban J connectivity index is 0.00000128. The summed E-state index contributed by atoms with van der Waals surface area (Å²) in [7, 11) is 0. The molecule has 5 rings (SSSR count). The fraction of sp³-hybridized carbons (Fsp3) is 0.619. The first-order chi connectivity index (χ1) is 13.6. The zero-order valence-corrected chi connectivity index (χ0v) is 19.2. The number of likely N-dealkylation sites (tertiary alicyclic amines) is 1. The first kappa shape index (κ1) is 23.5. The molecule has 2 bridgehead atoms. The largest absolute Gasteiger partial charge is 0.423 e. The Morgan fingerprint density at radius 2 is 1.90 bits per heavy atom. The number of benzene rings is 1. The van der Waals surface area contributed by atoms with Crippen LogP contribution in [0.15, 0.2) is 22.6 Å². The summed E-state index contributed by atoms with van der Waals surface area (Å²) in [5.41, 5.74) is 7.81. The second kappa shape index (κ2) is 9.51. The van der Waals surface area contributed by atoms with Crippen molar-refractivity contribution in [1.82, 2.24) is 9.88 Å². The fourth-order valence-corrected chi connectivity index (χ4v) is 5.43. The van der Waals surface area contributed by atoms with E-state index in [4.69, 9.17) is 21.8 Å². The number of piperidine rings is 2. The van der Waals surface area contributed by atoms with Crippen LogP contribution in [-0.2, 0) is 4.79 Å². The minimum atomic E-state index is 0. The van der Waals surface area contributed by atoms with Crippen molar-refractivity contribution >= 4 is 59.4 Å². The van der Waals surface area contributed by atoms with Crippen LogP contribution in [0.4, 0.5) is 6.01 Å². The third-order valence-electron chi connectivity index (χ3n) is 6.85. The van der Waals surface area contributed by atoms with Crippen LogP contribution in [-0.4, -0.2) is 48.0 Å². The molecular formula is C21H29Cl3N4O2. The van der Waals surface area contributed by atoms with Gasteiger partial charge >= 0.3 is 0 Å². The molecule has 166 valence electrons. The number of nitrogens with two attached hydrogens (primary N) is 1. The van der Waals surface area contributed by atoms with E-state index in [0.717, 1.165) is 44.5 Å². The maximum absolute atomic E-state index is 12.9. The van der Waals surface area contributed by atoms with E-state index in [1.807, 2.05) is 12.1 Å². The molecule has 1 aromatic heterocycles. The van der Waals surface area contributed by atoms with Gasteiger partial charge in [0.25, 0.3) is 6.01 Å². The summed E-state index contributed by atoms with van der Waals surface area (Å²) >= 11 is 6.05. The van der Waals surface area contributed by atoms with E-state index < -0.39 is 0 Å². The summed E-state index contributed by atoms with van der Waals surface area (Å²) in [4.78, 5) is 21.8. The molecule has 2 aliphatic heterocycles. The summed E-state index contributed by atoms with van der Waals surface area (Å²) in [6, 6.07) is 6.43. The molecule has 1 amide bonds. The van der Waals surface area contributed by atoms with E-state index in [0.29, 0.717) is 52.7 Å². The molecule has 1 saturated carbocycles. The molecule has 1 aliphatic carbocycles. The number of aromatic nitrogens is 1. The lowest BCUT2D eigenvalue weighted by atomic mass is 9.91. The summed E-state index contributed by atoms with van der Waals surface area (Å²) in [5, 5.41) is 0.646. The van der Waals surface area contributed by atoms with Crippen molar-refractivity contribution in [3.05, 3.63) is 23.2 Å². The Morgan fingerprint density at radius 3 is 2.63 bits per heavy atom. The number of hydrogen-bond donors (Lipinski definition) is 1. The van der Waals surface area contributed by atoms with Gasteiger partial charge in [-0.25, -0.2) is 0 Å². The zero-order chi connectivity index (χ0) is 19.3. The highest BCUT2D eigenvalue weighted by Gasteiger charge is 2.41. The monoisotopic (exact) mass is 474 g/mol. The van der Waals surface area contributed by atoms with Gasteiger partial charge in [0.2, 0.25) is 5.91 Å². The van der Waals surface area contributed by atoms with Gasteiger partial charge < -0.3 is 20.0 Å². The Hall–Kier alpha value is -1.21. The lowest BCUT2D eigenvalue weighted by Crippen LogP contribution is -2.51. The molecule has 9 heteroatoms. The number of carbonyl (C=O) groups excluding carboxylic acids is 1. The summed E-state index contributed by atoms with van der Waals surface area (Å²) < 4.78 is 5.93. The highest BCUT2D eigenvalue weighted by Crippen LogP contribution is 2.36. The van der Waals surface area contributed by atoms with E-state index >= 15 is 0 Å². The van der Waals surface area contributed by atoms with Crippen molar-refractivity contribution in [3.8, 4) is 0 Å². The average molecular weight is 476 g/mol. The van der Waals surface area contributed by atoms with E-state index in [9.17, 15) is 4.79 Å². The van der Waals surface area contributed by atoms with Crippen LogP contribution in [0.5, 0.6) is 0 Å². The normalized spacial score (nSPS) is 28.2. The topological polar surface area (TPSA) is 75.6 Å². The maximum Gasteiger partial charge on any atom is 0.298 e. The van der Waals surface area contributed by atoms with Gasteiger partial charge in [-0.3, -0.25) is 4.79 Å². The van der Waals surface area contributed by atoms with Crippen molar-refractivity contribution in [2.24, 2.45) is 23.5 Å². The van der Waals surface area contributed by atoms with Crippen LogP contribution < -0.4 is 10.6 Å². The molecule has 3 fully saturated rings. The van der Waals surface area contributed by atoms with Gasteiger partial charge in [0, 0.05) is 49.7 Å². The van der Waals surface area contributed by atoms with E-state index in [1.165, 1.54) is 12.8 Å². The molecule has 2 aromatic rings. The molecule has 2 saturated heterocycles. The summed E-state index contributed by atoms with van der Waals surface area (Å²) in [5.74, 6) is 1.63. The van der Waals surface area contributed by atoms with Crippen LogP contribution in [0, 0.1) is 17.8 Å². The van der Waals surface area contributed by atoms with Crippen molar-refractivity contribution < 1.29 is 9.21 Å². The molecule has 4 atom stereocenters. The van der Waals surface area contributed by atoms with E-state index in [-0.39, 0.29) is 24.8 Å². The van der Waals surface area contributed by atoms with Gasteiger partial charge in [-0.15, -0.1) is 24.8 Å². The minimum Gasteiger partial charge on any atom is -0.423 e. The number of oxazole rings is 1. The number of hydrogen-bond acceptors (Lipinski definition) is 5. The second-order valence-corrected chi connectivity index (χ2v) is 9.18. The van der Waals surface area contributed by atoms with Crippen molar-refractivity contribution in [1.29, 1.82) is 0 Å². The number of halogens is 3. The number of nitrogens with zero attached hydrogens (tertiary/aromatic N) is 3. The maximum atomic E-state index is 12.9. The standard InChI is InChI=1S/C21H27ClN4O2.2ClH/c22-16-5-6-17-18(9-16)28-21(24-17)25-7-1-2-13(10-25)8-19(27)26-11-14-3-4-15(12-26)20(14)23;;/h5-6,9,13-15,20H,1-4,7-8,10-12,23H2;2*1H/t13?,14-,15+,20?;;. The number of fused-ring (bicyclic) bond motifs is 3. The first-order valence-electron chi connectivity index (χ1n) is 10.4. The van der Waals surface area contributed by atoms with Crippen LogP contribution in [0.3, 0.4) is 0 Å². The molecule has 30 heavy (non-hydrogen) atoms.